The van der Waals surface area contributed by atoms with Crippen LogP contribution in [0.1, 0.15) is 24.6 Å². The lowest BCUT2D eigenvalue weighted by Crippen LogP contribution is -2.48. The molecule has 0 spiro atoms. The Balaban J connectivity index is 2.29. The maximum Gasteiger partial charge on any atom is 0.252 e. The fourth-order valence-electron chi connectivity index (χ4n) is 2.36. The minimum atomic E-state index is -3.58. The summed E-state index contributed by atoms with van der Waals surface area (Å²) in [5, 5.41) is 0. The molecule has 1 amide bonds. The van der Waals surface area contributed by atoms with Crippen LogP contribution in [0.2, 0.25) is 0 Å². The molecule has 8 heteroatoms. The number of primary amides is 1. The van der Waals surface area contributed by atoms with Crippen LogP contribution in [0.15, 0.2) is 16.3 Å². The SMILES string of the molecule is CC1CCC(C(N)=O)CN1S(=O)(=O)c1ccc(CN)s1. The number of rotatable bonds is 4. The molecule has 0 saturated carbocycles. The Bertz CT molecular complexity index is 597. The summed E-state index contributed by atoms with van der Waals surface area (Å²) >= 11 is 1.17. The lowest BCUT2D eigenvalue weighted by Gasteiger charge is -2.35. The summed E-state index contributed by atoms with van der Waals surface area (Å²) in [7, 11) is -3.58. The minimum absolute atomic E-state index is 0.126. The molecule has 0 aliphatic carbocycles. The van der Waals surface area contributed by atoms with Crippen molar-refractivity contribution in [2.24, 2.45) is 17.4 Å². The third-order valence-corrected chi connectivity index (χ3v) is 7.18. The summed E-state index contributed by atoms with van der Waals surface area (Å²) in [6, 6.07) is 3.17. The quantitative estimate of drug-likeness (QED) is 0.842. The first-order valence-corrected chi connectivity index (χ1v) is 8.72. The van der Waals surface area contributed by atoms with Crippen LogP contribution in [0.4, 0.5) is 0 Å². The van der Waals surface area contributed by atoms with Gasteiger partial charge in [0.15, 0.2) is 0 Å². The van der Waals surface area contributed by atoms with E-state index in [0.717, 1.165) is 4.88 Å². The van der Waals surface area contributed by atoms with E-state index in [9.17, 15) is 13.2 Å². The molecule has 4 N–H and O–H groups in total. The van der Waals surface area contributed by atoms with E-state index >= 15 is 0 Å². The summed E-state index contributed by atoms with van der Waals surface area (Å²) < 4.78 is 26.9. The van der Waals surface area contributed by atoms with Crippen LogP contribution < -0.4 is 11.5 Å². The van der Waals surface area contributed by atoms with Gasteiger partial charge in [0.2, 0.25) is 5.91 Å². The molecule has 20 heavy (non-hydrogen) atoms. The molecule has 2 heterocycles. The number of nitrogens with two attached hydrogens (primary N) is 2. The van der Waals surface area contributed by atoms with Crippen molar-refractivity contribution in [3.8, 4) is 0 Å². The van der Waals surface area contributed by atoms with E-state index < -0.39 is 21.8 Å². The highest BCUT2D eigenvalue weighted by Crippen LogP contribution is 2.31. The Kier molecular flexibility index (Phi) is 4.48. The summed E-state index contributed by atoms with van der Waals surface area (Å²) in [6.07, 6.45) is 1.28. The largest absolute Gasteiger partial charge is 0.369 e. The molecule has 2 unspecified atom stereocenters. The molecule has 6 nitrogen and oxygen atoms in total. The van der Waals surface area contributed by atoms with E-state index in [1.807, 2.05) is 6.92 Å². The van der Waals surface area contributed by atoms with Gasteiger partial charge in [-0.05, 0) is 31.9 Å². The second-order valence-corrected chi connectivity index (χ2v) is 8.31. The average Bonchev–Trinajstić information content (AvgIpc) is 2.88. The van der Waals surface area contributed by atoms with Crippen LogP contribution in [0, 0.1) is 5.92 Å². The monoisotopic (exact) mass is 317 g/mol. The van der Waals surface area contributed by atoms with Gasteiger partial charge in [-0.1, -0.05) is 0 Å². The van der Waals surface area contributed by atoms with Gasteiger partial charge in [0.25, 0.3) is 10.0 Å². The summed E-state index contributed by atoms with van der Waals surface area (Å²) in [4.78, 5) is 12.1. The molecule has 2 rings (SSSR count). The number of piperidine rings is 1. The Morgan fingerprint density at radius 1 is 1.45 bits per heavy atom. The van der Waals surface area contributed by atoms with Crippen molar-refractivity contribution in [3.63, 3.8) is 0 Å². The van der Waals surface area contributed by atoms with Gasteiger partial charge in [0.05, 0.1) is 5.92 Å². The first kappa shape index (κ1) is 15.4. The molecule has 0 aromatic carbocycles. The van der Waals surface area contributed by atoms with Crippen molar-refractivity contribution in [2.45, 2.75) is 36.6 Å². The fraction of sp³-hybridized carbons (Fsp3) is 0.583. The molecule has 2 atom stereocenters. The standard InChI is InChI=1S/C12H19N3O3S2/c1-8-2-3-9(12(14)16)7-15(8)20(17,18)11-5-4-10(6-13)19-11/h4-5,8-9H,2-3,6-7,13H2,1H3,(H2,14,16). The van der Waals surface area contributed by atoms with E-state index in [4.69, 9.17) is 11.5 Å². The number of hydrogen-bond acceptors (Lipinski definition) is 5. The molecular formula is C12H19N3O3S2. The number of hydrogen-bond donors (Lipinski definition) is 2. The number of carbonyl (C=O) groups excluding carboxylic acids is 1. The van der Waals surface area contributed by atoms with Gasteiger partial charge in [-0.2, -0.15) is 4.31 Å². The Hall–Kier alpha value is -0.960. The normalized spacial score (nSPS) is 24.7. The van der Waals surface area contributed by atoms with Gasteiger partial charge in [-0.3, -0.25) is 4.79 Å². The van der Waals surface area contributed by atoms with Crippen molar-refractivity contribution in [1.82, 2.24) is 4.31 Å². The predicted octanol–water partition coefficient (Wildman–Crippen LogP) is 0.481. The molecule has 1 fully saturated rings. The number of thiophene rings is 1. The van der Waals surface area contributed by atoms with Gasteiger partial charge in [-0.25, -0.2) is 8.42 Å². The third-order valence-electron chi connectivity index (χ3n) is 3.63. The summed E-state index contributed by atoms with van der Waals surface area (Å²) in [5.74, 6) is -0.846. The van der Waals surface area contributed by atoms with Gasteiger partial charge in [0, 0.05) is 24.0 Å². The highest BCUT2D eigenvalue weighted by molar-refractivity contribution is 7.91. The Morgan fingerprint density at radius 2 is 2.15 bits per heavy atom. The molecule has 1 aliphatic rings. The van der Waals surface area contributed by atoms with Crippen LogP contribution in [0.5, 0.6) is 0 Å². The zero-order chi connectivity index (χ0) is 14.9. The number of nitrogens with zero attached hydrogens (tertiary/aromatic N) is 1. The highest BCUT2D eigenvalue weighted by atomic mass is 32.2. The van der Waals surface area contributed by atoms with Crippen LogP contribution in [-0.2, 0) is 21.4 Å². The van der Waals surface area contributed by atoms with E-state index in [0.29, 0.717) is 19.4 Å². The zero-order valence-corrected chi connectivity index (χ0v) is 12.9. The molecule has 1 aliphatic heterocycles. The zero-order valence-electron chi connectivity index (χ0n) is 11.3. The van der Waals surface area contributed by atoms with Gasteiger partial charge in [-0.15, -0.1) is 11.3 Å². The lowest BCUT2D eigenvalue weighted by atomic mass is 9.95. The number of carbonyl (C=O) groups is 1. The molecule has 1 aromatic heterocycles. The number of amides is 1. The second-order valence-electron chi connectivity index (χ2n) is 5.03. The lowest BCUT2D eigenvalue weighted by molar-refractivity contribution is -0.123. The van der Waals surface area contributed by atoms with E-state index in [-0.39, 0.29) is 16.8 Å². The van der Waals surface area contributed by atoms with Crippen molar-refractivity contribution in [2.75, 3.05) is 6.54 Å². The van der Waals surface area contributed by atoms with Crippen molar-refractivity contribution >= 4 is 27.3 Å². The van der Waals surface area contributed by atoms with Crippen molar-refractivity contribution < 1.29 is 13.2 Å². The summed E-state index contributed by atoms with van der Waals surface area (Å²) in [6.45, 7) is 2.33. The Labute approximate surface area is 122 Å². The maximum atomic E-state index is 12.6. The molecule has 0 bridgehead atoms. The van der Waals surface area contributed by atoms with Gasteiger partial charge in [0.1, 0.15) is 4.21 Å². The van der Waals surface area contributed by atoms with Crippen LogP contribution in [-0.4, -0.2) is 31.2 Å². The van der Waals surface area contributed by atoms with Crippen molar-refractivity contribution in [3.05, 3.63) is 17.0 Å². The topological polar surface area (TPSA) is 106 Å². The maximum absolute atomic E-state index is 12.6. The minimum Gasteiger partial charge on any atom is -0.369 e. The van der Waals surface area contributed by atoms with Crippen LogP contribution in [0.3, 0.4) is 0 Å². The van der Waals surface area contributed by atoms with Gasteiger partial charge < -0.3 is 11.5 Å². The van der Waals surface area contributed by atoms with Crippen molar-refractivity contribution in [1.29, 1.82) is 0 Å². The molecule has 0 radical (unpaired) electrons. The molecule has 1 saturated heterocycles. The molecule has 112 valence electrons. The number of sulfonamides is 1. The first-order chi connectivity index (χ1) is 9.36. The van der Waals surface area contributed by atoms with E-state index in [1.54, 1.807) is 12.1 Å². The summed E-state index contributed by atoms with van der Waals surface area (Å²) in [5.41, 5.74) is 10.8. The second kappa shape index (κ2) is 5.80. The fourth-order valence-corrected chi connectivity index (χ4v) is 5.43. The third kappa shape index (κ3) is 2.88. The van der Waals surface area contributed by atoms with Gasteiger partial charge >= 0.3 is 0 Å². The van der Waals surface area contributed by atoms with Crippen LogP contribution in [0.25, 0.3) is 0 Å². The highest BCUT2D eigenvalue weighted by Gasteiger charge is 2.37. The Morgan fingerprint density at radius 3 is 2.70 bits per heavy atom. The smallest absolute Gasteiger partial charge is 0.252 e. The average molecular weight is 317 g/mol. The van der Waals surface area contributed by atoms with E-state index in [2.05, 4.69) is 0 Å². The molecule has 1 aromatic rings. The predicted molar refractivity (Wildman–Crippen MR) is 77.5 cm³/mol. The molecular weight excluding hydrogens is 298 g/mol. The van der Waals surface area contributed by atoms with E-state index in [1.165, 1.54) is 15.6 Å². The van der Waals surface area contributed by atoms with Crippen LogP contribution >= 0.6 is 11.3 Å². The first-order valence-electron chi connectivity index (χ1n) is 6.46.